The summed E-state index contributed by atoms with van der Waals surface area (Å²) in [5, 5.41) is 7.52. The van der Waals surface area contributed by atoms with Crippen LogP contribution < -0.4 is 19.7 Å². The maximum atomic E-state index is 12.6. The molecule has 2 aromatic rings. The number of aromatic nitrogens is 2. The van der Waals surface area contributed by atoms with Crippen LogP contribution in [-0.2, 0) is 18.3 Å². The van der Waals surface area contributed by atoms with Crippen molar-refractivity contribution in [1.29, 1.82) is 0 Å². The summed E-state index contributed by atoms with van der Waals surface area (Å²) in [6.45, 7) is 2.38. The lowest BCUT2D eigenvalue weighted by Crippen LogP contribution is -2.55. The predicted molar refractivity (Wildman–Crippen MR) is 116 cm³/mol. The average molecular weight is 415 g/mol. The van der Waals surface area contributed by atoms with Crippen LogP contribution in [0, 0.1) is 0 Å². The maximum absolute atomic E-state index is 12.6. The van der Waals surface area contributed by atoms with E-state index in [1.165, 1.54) is 5.56 Å². The van der Waals surface area contributed by atoms with Crippen LogP contribution in [0.25, 0.3) is 0 Å². The van der Waals surface area contributed by atoms with E-state index in [1.807, 2.05) is 36.3 Å². The number of methoxy groups -OCH3 is 2. The minimum atomic E-state index is 0.0440. The summed E-state index contributed by atoms with van der Waals surface area (Å²) in [6.07, 6.45) is 5.40. The zero-order valence-corrected chi connectivity index (χ0v) is 18.1. The number of nitrogens with one attached hydrogen (secondary N) is 1. The second kappa shape index (κ2) is 10.00. The molecule has 0 aliphatic carbocycles. The van der Waals surface area contributed by atoms with Crippen LogP contribution in [-0.4, -0.2) is 74.0 Å². The fraction of sp³-hybridized carbons (Fsp3) is 0.476. The van der Waals surface area contributed by atoms with Crippen molar-refractivity contribution >= 4 is 17.6 Å². The van der Waals surface area contributed by atoms with E-state index in [1.54, 1.807) is 37.0 Å². The number of aliphatic imine (C=N–C) groups is 1. The fourth-order valence-electron chi connectivity index (χ4n) is 3.54. The molecule has 1 aromatic carbocycles. The first-order chi connectivity index (χ1) is 14.5. The molecule has 3 rings (SSSR count). The van der Waals surface area contributed by atoms with E-state index in [2.05, 4.69) is 15.4 Å². The highest BCUT2D eigenvalue weighted by Gasteiger charge is 2.27. The number of hydrogen-bond donors (Lipinski definition) is 1. The zero-order valence-electron chi connectivity index (χ0n) is 18.1. The number of ether oxygens (including phenoxy) is 2. The largest absolute Gasteiger partial charge is 0.493 e. The Kier molecular flexibility index (Phi) is 7.16. The minimum absolute atomic E-state index is 0.0440. The summed E-state index contributed by atoms with van der Waals surface area (Å²) in [4.78, 5) is 20.7. The molecule has 0 saturated carbocycles. The van der Waals surface area contributed by atoms with Crippen molar-refractivity contribution in [3.05, 3.63) is 36.2 Å². The molecule has 1 saturated heterocycles. The summed E-state index contributed by atoms with van der Waals surface area (Å²) in [6, 6.07) is 5.98. The van der Waals surface area contributed by atoms with Gasteiger partial charge in [0.05, 0.1) is 26.1 Å². The Hall–Kier alpha value is -3.23. The van der Waals surface area contributed by atoms with Crippen LogP contribution in [0.2, 0.25) is 0 Å². The maximum Gasteiger partial charge on any atom is 0.246 e. The first-order valence-electron chi connectivity index (χ1n) is 10.0. The van der Waals surface area contributed by atoms with Crippen molar-refractivity contribution in [1.82, 2.24) is 20.0 Å². The molecule has 0 radical (unpaired) electrons. The number of rotatable bonds is 7. The minimum Gasteiger partial charge on any atom is -0.493 e. The lowest BCUT2D eigenvalue weighted by Gasteiger charge is -2.35. The normalized spacial score (nSPS) is 14.8. The molecule has 2 heterocycles. The van der Waals surface area contributed by atoms with E-state index in [9.17, 15) is 4.79 Å². The van der Waals surface area contributed by atoms with Crippen LogP contribution in [0.4, 0.5) is 5.69 Å². The summed E-state index contributed by atoms with van der Waals surface area (Å²) >= 11 is 0. The third kappa shape index (κ3) is 5.03. The molecule has 9 heteroatoms. The van der Waals surface area contributed by atoms with Gasteiger partial charge in [0.15, 0.2) is 17.5 Å². The molecule has 1 amide bonds. The first-order valence-corrected chi connectivity index (χ1v) is 10.0. The third-order valence-corrected chi connectivity index (χ3v) is 5.11. The number of nitrogens with zero attached hydrogens (tertiary/aromatic N) is 5. The standard InChI is InChI=1S/C21H30N6O3/c1-22-21(23-9-5-6-16-7-8-18(29-3)19(12-16)30-4)26-10-11-27(20(28)15-26)17-13-24-25(2)14-17/h7-8,12-14H,5-6,9-11,15H2,1-4H3,(H,22,23). The van der Waals surface area contributed by atoms with Gasteiger partial charge in [0, 0.05) is 39.9 Å². The molecule has 1 aliphatic rings. The Labute approximate surface area is 177 Å². The lowest BCUT2D eigenvalue weighted by molar-refractivity contribution is -0.120. The lowest BCUT2D eigenvalue weighted by atomic mass is 10.1. The molecule has 162 valence electrons. The molecule has 0 atom stereocenters. The van der Waals surface area contributed by atoms with Gasteiger partial charge in [-0.1, -0.05) is 6.07 Å². The molecule has 0 bridgehead atoms. The monoisotopic (exact) mass is 414 g/mol. The number of carbonyl (C=O) groups is 1. The van der Waals surface area contributed by atoms with Crippen molar-refractivity contribution in [3.63, 3.8) is 0 Å². The Morgan fingerprint density at radius 2 is 2.03 bits per heavy atom. The number of anilines is 1. The highest BCUT2D eigenvalue weighted by atomic mass is 16.5. The van der Waals surface area contributed by atoms with Gasteiger partial charge in [-0.2, -0.15) is 5.10 Å². The van der Waals surface area contributed by atoms with Crippen molar-refractivity contribution < 1.29 is 14.3 Å². The molecular weight excluding hydrogens is 384 g/mol. The van der Waals surface area contributed by atoms with Gasteiger partial charge in [0.2, 0.25) is 5.91 Å². The van der Waals surface area contributed by atoms with Crippen LogP contribution in [0.1, 0.15) is 12.0 Å². The van der Waals surface area contributed by atoms with E-state index in [4.69, 9.17) is 9.47 Å². The summed E-state index contributed by atoms with van der Waals surface area (Å²) in [5.74, 6) is 2.27. The number of benzene rings is 1. The molecule has 30 heavy (non-hydrogen) atoms. The number of guanidine groups is 1. The van der Waals surface area contributed by atoms with Crippen LogP contribution >= 0.6 is 0 Å². The van der Waals surface area contributed by atoms with Crippen molar-refractivity contribution in [2.24, 2.45) is 12.0 Å². The van der Waals surface area contributed by atoms with Gasteiger partial charge >= 0.3 is 0 Å². The molecule has 0 spiro atoms. The molecule has 1 aromatic heterocycles. The number of carbonyl (C=O) groups excluding carboxylic acids is 1. The van der Waals surface area contributed by atoms with Gasteiger partial charge in [-0.05, 0) is 30.5 Å². The molecule has 0 unspecified atom stereocenters. The number of piperazine rings is 1. The quantitative estimate of drug-likeness (QED) is 0.418. The molecular formula is C21H30N6O3. The Balaban J connectivity index is 1.48. The number of amides is 1. The van der Waals surface area contributed by atoms with Crippen molar-refractivity contribution in [2.45, 2.75) is 12.8 Å². The van der Waals surface area contributed by atoms with E-state index < -0.39 is 0 Å². The Bertz CT molecular complexity index is 895. The Morgan fingerprint density at radius 3 is 2.67 bits per heavy atom. The van der Waals surface area contributed by atoms with E-state index in [0.717, 1.165) is 49.1 Å². The number of hydrogen-bond acceptors (Lipinski definition) is 5. The highest BCUT2D eigenvalue weighted by Crippen LogP contribution is 2.27. The summed E-state index contributed by atoms with van der Waals surface area (Å²) in [5.41, 5.74) is 2.02. The third-order valence-electron chi connectivity index (χ3n) is 5.11. The zero-order chi connectivity index (χ0) is 21.5. The predicted octanol–water partition coefficient (Wildman–Crippen LogP) is 1.29. The fourth-order valence-corrected chi connectivity index (χ4v) is 3.54. The SMILES string of the molecule is CN=C(NCCCc1ccc(OC)c(OC)c1)N1CCN(c2cnn(C)c2)C(=O)C1. The topological polar surface area (TPSA) is 84.2 Å². The Morgan fingerprint density at radius 1 is 1.23 bits per heavy atom. The van der Waals surface area contributed by atoms with Gasteiger partial charge < -0.3 is 24.6 Å². The van der Waals surface area contributed by atoms with Gasteiger partial charge in [0.1, 0.15) is 6.54 Å². The second-order valence-corrected chi connectivity index (χ2v) is 7.11. The average Bonchev–Trinajstić information content (AvgIpc) is 3.19. The van der Waals surface area contributed by atoms with Crippen molar-refractivity contribution in [3.8, 4) is 11.5 Å². The highest BCUT2D eigenvalue weighted by molar-refractivity contribution is 5.98. The van der Waals surface area contributed by atoms with Gasteiger partial charge in [-0.25, -0.2) is 0 Å². The van der Waals surface area contributed by atoms with Gasteiger partial charge in [-0.3, -0.25) is 14.5 Å². The van der Waals surface area contributed by atoms with Crippen molar-refractivity contribution in [2.75, 3.05) is 52.3 Å². The van der Waals surface area contributed by atoms with Crippen LogP contribution in [0.5, 0.6) is 11.5 Å². The van der Waals surface area contributed by atoms with E-state index in [0.29, 0.717) is 13.1 Å². The second-order valence-electron chi connectivity index (χ2n) is 7.11. The molecule has 1 fully saturated rings. The van der Waals surface area contributed by atoms with E-state index >= 15 is 0 Å². The molecule has 1 N–H and O–H groups in total. The molecule has 1 aliphatic heterocycles. The first kappa shape index (κ1) is 21.5. The summed E-state index contributed by atoms with van der Waals surface area (Å²) in [7, 11) is 6.86. The molecule has 9 nitrogen and oxygen atoms in total. The summed E-state index contributed by atoms with van der Waals surface area (Å²) < 4.78 is 12.3. The van der Waals surface area contributed by atoms with E-state index in [-0.39, 0.29) is 5.91 Å². The van der Waals surface area contributed by atoms with Gasteiger partial charge in [-0.15, -0.1) is 0 Å². The smallest absolute Gasteiger partial charge is 0.246 e. The van der Waals surface area contributed by atoms with Crippen LogP contribution in [0.15, 0.2) is 35.6 Å². The van der Waals surface area contributed by atoms with Crippen LogP contribution in [0.3, 0.4) is 0 Å². The van der Waals surface area contributed by atoms with Gasteiger partial charge in [0.25, 0.3) is 0 Å². The number of aryl methyl sites for hydroxylation is 2.